The predicted molar refractivity (Wildman–Crippen MR) is 158 cm³/mol. The zero-order valence-electron chi connectivity index (χ0n) is 23.2. The maximum atomic E-state index is 13.9. The van der Waals surface area contributed by atoms with Gasteiger partial charge < -0.3 is 33.6 Å². The number of nitrogens with zero attached hydrogens (tertiary/aromatic N) is 2. The first-order valence-electron chi connectivity index (χ1n) is 13.9. The van der Waals surface area contributed by atoms with Gasteiger partial charge in [0.15, 0.2) is 5.96 Å². The molecule has 1 unspecified atom stereocenters. The van der Waals surface area contributed by atoms with Crippen molar-refractivity contribution >= 4 is 29.5 Å². The van der Waals surface area contributed by atoms with Gasteiger partial charge in [-0.15, -0.1) is 0 Å². The lowest BCUT2D eigenvalue weighted by Gasteiger charge is -2.32. The molecule has 1 aliphatic rings. The van der Waals surface area contributed by atoms with Crippen molar-refractivity contribution in [3.05, 3.63) is 65.5 Å². The molecule has 11 N–H and O–H groups in total. The zero-order chi connectivity index (χ0) is 29.8. The number of nitrogens with one attached hydrogen (secondary N) is 3. The standard InChI is InChI=1S/C29H41N9O3/c30-25(31)20-12-10-18(11-13-20)16-22(21-8-4-14-35-17-21)27(40)38-24(19-6-2-1-3-7-19)28(41)37-23(26(32)39)9-5-15-36-29(33)34/h4,8,10-14,17,19,22-24H,1-3,5-7,9,15-16H2,(H3,30,31)(H2,32,39)(H,37,41)(H,38,40)(H4,33,34,36)/t22?,23-,24-/m0/s1. The number of aliphatic imine (C=N–C) groups is 1. The quantitative estimate of drug-likeness (QED) is 0.0991. The molecular formula is C29H41N9O3. The number of nitrogen functional groups attached to an aromatic ring is 1. The van der Waals surface area contributed by atoms with Crippen LogP contribution in [0.1, 0.15) is 67.6 Å². The van der Waals surface area contributed by atoms with E-state index in [9.17, 15) is 14.4 Å². The number of amidine groups is 1. The third kappa shape index (κ3) is 9.59. The Morgan fingerprint density at radius 1 is 0.976 bits per heavy atom. The van der Waals surface area contributed by atoms with E-state index < -0.39 is 29.8 Å². The van der Waals surface area contributed by atoms with E-state index in [4.69, 9.17) is 28.3 Å². The molecule has 1 fully saturated rings. The summed E-state index contributed by atoms with van der Waals surface area (Å²) in [4.78, 5) is 47.7. The van der Waals surface area contributed by atoms with E-state index in [1.807, 2.05) is 18.2 Å². The molecule has 3 amide bonds. The van der Waals surface area contributed by atoms with E-state index in [0.717, 1.165) is 37.7 Å². The number of hydrogen-bond acceptors (Lipinski definition) is 6. The number of amides is 3. The van der Waals surface area contributed by atoms with Crippen LogP contribution >= 0.6 is 0 Å². The molecule has 1 aromatic heterocycles. The zero-order valence-corrected chi connectivity index (χ0v) is 23.2. The highest BCUT2D eigenvalue weighted by Crippen LogP contribution is 2.28. The van der Waals surface area contributed by atoms with Gasteiger partial charge in [-0.2, -0.15) is 0 Å². The number of carbonyl (C=O) groups is 3. The van der Waals surface area contributed by atoms with Gasteiger partial charge in [-0.05, 0) is 55.2 Å². The van der Waals surface area contributed by atoms with E-state index in [-0.39, 0.29) is 30.0 Å². The molecular weight excluding hydrogens is 522 g/mol. The second-order valence-corrected chi connectivity index (χ2v) is 10.5. The topological polar surface area (TPSA) is 228 Å². The van der Waals surface area contributed by atoms with Crippen LogP contribution in [0, 0.1) is 11.3 Å². The Hall–Kier alpha value is -4.48. The second kappa shape index (κ2) is 15.3. The predicted octanol–water partition coefficient (Wildman–Crippen LogP) is 0.781. The van der Waals surface area contributed by atoms with Crippen LogP contribution in [0.15, 0.2) is 53.8 Å². The largest absolute Gasteiger partial charge is 0.384 e. The Bertz CT molecular complexity index is 1210. The Morgan fingerprint density at radius 3 is 2.27 bits per heavy atom. The number of pyridine rings is 1. The maximum absolute atomic E-state index is 13.9. The Labute approximate surface area is 240 Å². The van der Waals surface area contributed by atoms with Crippen LogP contribution in [0.4, 0.5) is 0 Å². The van der Waals surface area contributed by atoms with Crippen LogP contribution in [0.2, 0.25) is 0 Å². The summed E-state index contributed by atoms with van der Waals surface area (Å²) in [6.07, 6.45) is 8.88. The molecule has 2 aromatic rings. The summed E-state index contributed by atoms with van der Waals surface area (Å²) in [5, 5.41) is 13.4. The summed E-state index contributed by atoms with van der Waals surface area (Å²) in [5.74, 6) is -2.22. The van der Waals surface area contributed by atoms with Gasteiger partial charge in [0, 0.05) is 24.5 Å². The monoisotopic (exact) mass is 563 g/mol. The Morgan fingerprint density at radius 2 is 1.68 bits per heavy atom. The van der Waals surface area contributed by atoms with Gasteiger partial charge in [-0.3, -0.25) is 29.8 Å². The molecule has 12 heteroatoms. The SMILES string of the molecule is N=C(N)c1ccc(CC(C(=O)N[C@H](C(=O)N[C@@H](CCCN=C(N)N)C(N)=O)C2CCCCC2)c2cccnc2)cc1. The number of primary amides is 1. The summed E-state index contributed by atoms with van der Waals surface area (Å²) in [6.45, 7) is 0.297. The van der Waals surface area contributed by atoms with Crippen LogP contribution < -0.4 is 33.6 Å². The van der Waals surface area contributed by atoms with Gasteiger partial charge in [0.1, 0.15) is 17.9 Å². The fraction of sp³-hybridized carbons (Fsp3) is 0.448. The van der Waals surface area contributed by atoms with E-state index >= 15 is 0 Å². The number of carbonyl (C=O) groups excluding carboxylic acids is 3. The molecule has 41 heavy (non-hydrogen) atoms. The van der Waals surface area contributed by atoms with Crippen LogP contribution in [0.25, 0.3) is 0 Å². The van der Waals surface area contributed by atoms with Crippen LogP contribution in [-0.2, 0) is 20.8 Å². The third-order valence-corrected chi connectivity index (χ3v) is 7.41. The molecule has 0 saturated heterocycles. The van der Waals surface area contributed by atoms with Crippen molar-refractivity contribution < 1.29 is 14.4 Å². The molecule has 1 heterocycles. The lowest BCUT2D eigenvalue weighted by molar-refractivity contribution is -0.133. The Balaban J connectivity index is 1.81. The van der Waals surface area contributed by atoms with Crippen LogP contribution in [-0.4, -0.2) is 53.1 Å². The highest BCUT2D eigenvalue weighted by atomic mass is 16.2. The minimum atomic E-state index is -0.923. The van der Waals surface area contributed by atoms with Crippen molar-refractivity contribution in [1.29, 1.82) is 5.41 Å². The summed E-state index contributed by atoms with van der Waals surface area (Å²) >= 11 is 0. The highest BCUT2D eigenvalue weighted by Gasteiger charge is 2.35. The fourth-order valence-electron chi connectivity index (χ4n) is 5.17. The molecule has 0 aliphatic heterocycles. The minimum absolute atomic E-state index is 0.0371. The normalized spacial score (nSPS) is 15.6. The lowest BCUT2D eigenvalue weighted by atomic mass is 9.82. The lowest BCUT2D eigenvalue weighted by Crippen LogP contribution is -2.56. The first-order chi connectivity index (χ1) is 19.7. The van der Waals surface area contributed by atoms with Gasteiger partial charge >= 0.3 is 0 Å². The smallest absolute Gasteiger partial charge is 0.243 e. The number of guanidine groups is 1. The average molecular weight is 564 g/mol. The molecule has 1 aromatic carbocycles. The van der Waals surface area contributed by atoms with Crippen molar-refractivity contribution in [3.8, 4) is 0 Å². The molecule has 3 atom stereocenters. The van der Waals surface area contributed by atoms with E-state index in [1.165, 1.54) is 0 Å². The molecule has 0 spiro atoms. The fourth-order valence-corrected chi connectivity index (χ4v) is 5.17. The van der Waals surface area contributed by atoms with Crippen molar-refractivity contribution in [2.75, 3.05) is 6.54 Å². The summed E-state index contributed by atoms with van der Waals surface area (Å²) in [7, 11) is 0. The first kappa shape index (κ1) is 31.1. The van der Waals surface area contributed by atoms with Gasteiger partial charge in [-0.1, -0.05) is 49.6 Å². The van der Waals surface area contributed by atoms with Crippen LogP contribution in [0.3, 0.4) is 0 Å². The molecule has 12 nitrogen and oxygen atoms in total. The minimum Gasteiger partial charge on any atom is -0.384 e. The van der Waals surface area contributed by atoms with Crippen LogP contribution in [0.5, 0.6) is 0 Å². The first-order valence-corrected chi connectivity index (χ1v) is 13.9. The summed E-state index contributed by atoms with van der Waals surface area (Å²) in [6, 6.07) is 8.99. The molecule has 1 aliphatic carbocycles. The average Bonchev–Trinajstić information content (AvgIpc) is 2.96. The van der Waals surface area contributed by atoms with Gasteiger partial charge in [-0.25, -0.2) is 0 Å². The molecule has 0 radical (unpaired) electrons. The second-order valence-electron chi connectivity index (χ2n) is 10.5. The Kier molecular flexibility index (Phi) is 11.6. The molecule has 3 rings (SSSR count). The van der Waals surface area contributed by atoms with Crippen molar-refractivity contribution in [2.24, 2.45) is 33.8 Å². The van der Waals surface area contributed by atoms with Gasteiger partial charge in [0.2, 0.25) is 17.7 Å². The highest BCUT2D eigenvalue weighted by molar-refractivity contribution is 5.95. The number of rotatable bonds is 14. The summed E-state index contributed by atoms with van der Waals surface area (Å²) in [5.41, 5.74) is 24.1. The summed E-state index contributed by atoms with van der Waals surface area (Å²) < 4.78 is 0. The maximum Gasteiger partial charge on any atom is 0.243 e. The third-order valence-electron chi connectivity index (χ3n) is 7.41. The number of benzene rings is 1. The van der Waals surface area contributed by atoms with Crippen molar-refractivity contribution in [1.82, 2.24) is 15.6 Å². The molecule has 220 valence electrons. The van der Waals surface area contributed by atoms with Crippen molar-refractivity contribution in [2.45, 2.75) is 69.4 Å². The van der Waals surface area contributed by atoms with Crippen molar-refractivity contribution in [3.63, 3.8) is 0 Å². The number of aromatic nitrogens is 1. The van der Waals surface area contributed by atoms with E-state index in [2.05, 4.69) is 20.6 Å². The van der Waals surface area contributed by atoms with Gasteiger partial charge in [0.05, 0.1) is 5.92 Å². The number of nitrogens with two attached hydrogens (primary N) is 4. The molecule has 1 saturated carbocycles. The molecule has 0 bridgehead atoms. The van der Waals surface area contributed by atoms with E-state index in [1.54, 1.807) is 30.6 Å². The van der Waals surface area contributed by atoms with E-state index in [0.29, 0.717) is 30.5 Å². The number of hydrogen-bond donors (Lipinski definition) is 7. The van der Waals surface area contributed by atoms with Gasteiger partial charge in [0.25, 0.3) is 0 Å².